The van der Waals surface area contributed by atoms with Crippen molar-refractivity contribution in [1.29, 1.82) is 0 Å². The molecule has 6 heteroatoms. The first-order valence-corrected chi connectivity index (χ1v) is 7.40. The summed E-state index contributed by atoms with van der Waals surface area (Å²) in [5, 5.41) is 2.78. The molecule has 2 rings (SSSR count). The second kappa shape index (κ2) is 7.15. The second-order valence-electron chi connectivity index (χ2n) is 5.70. The lowest BCUT2D eigenvalue weighted by molar-refractivity contribution is -0.133. The molecule has 0 fully saturated rings. The van der Waals surface area contributed by atoms with E-state index in [1.54, 1.807) is 18.2 Å². The van der Waals surface area contributed by atoms with Crippen molar-refractivity contribution in [3.8, 4) is 11.5 Å². The zero-order valence-corrected chi connectivity index (χ0v) is 13.2. The van der Waals surface area contributed by atoms with Gasteiger partial charge in [0.25, 0.3) is 0 Å². The average Bonchev–Trinajstić information content (AvgIpc) is 2.45. The minimum absolute atomic E-state index is 0.0436. The van der Waals surface area contributed by atoms with Gasteiger partial charge in [0.2, 0.25) is 11.8 Å². The smallest absolute Gasteiger partial charge is 0.243 e. The third-order valence-corrected chi connectivity index (χ3v) is 3.19. The van der Waals surface area contributed by atoms with Crippen LogP contribution in [-0.2, 0) is 9.59 Å². The molecule has 2 amide bonds. The number of nitrogens with one attached hydrogen (secondary N) is 1. The summed E-state index contributed by atoms with van der Waals surface area (Å²) in [6, 6.07) is 5.25. The van der Waals surface area contributed by atoms with Crippen LogP contribution in [0.25, 0.3) is 0 Å². The molecule has 1 aromatic rings. The Hall–Kier alpha value is -2.24. The molecule has 0 aromatic heterocycles. The first-order chi connectivity index (χ1) is 10.5. The highest BCUT2D eigenvalue weighted by Crippen LogP contribution is 2.32. The van der Waals surface area contributed by atoms with Crippen LogP contribution in [0, 0.1) is 5.92 Å². The normalized spacial score (nSPS) is 12.9. The number of nitrogens with zero attached hydrogens (tertiary/aromatic N) is 1. The Morgan fingerprint density at radius 2 is 1.91 bits per heavy atom. The zero-order chi connectivity index (χ0) is 16.1. The van der Waals surface area contributed by atoms with Crippen molar-refractivity contribution < 1.29 is 19.1 Å². The van der Waals surface area contributed by atoms with E-state index in [0.717, 1.165) is 0 Å². The number of hydrogen-bond donors (Lipinski definition) is 1. The van der Waals surface area contributed by atoms with E-state index < -0.39 is 0 Å². The number of benzene rings is 1. The van der Waals surface area contributed by atoms with E-state index >= 15 is 0 Å². The Morgan fingerprint density at radius 1 is 1.23 bits per heavy atom. The van der Waals surface area contributed by atoms with E-state index in [1.165, 1.54) is 11.8 Å². The van der Waals surface area contributed by atoms with E-state index in [-0.39, 0.29) is 18.4 Å². The van der Waals surface area contributed by atoms with Gasteiger partial charge in [-0.2, -0.15) is 0 Å². The second-order valence-corrected chi connectivity index (χ2v) is 5.70. The van der Waals surface area contributed by atoms with Crippen LogP contribution < -0.4 is 14.8 Å². The molecule has 1 aliphatic heterocycles. The predicted molar refractivity (Wildman–Crippen MR) is 83.2 cm³/mol. The number of carbonyl (C=O) groups is 2. The van der Waals surface area contributed by atoms with Crippen molar-refractivity contribution in [3.05, 3.63) is 18.2 Å². The third-order valence-electron chi connectivity index (χ3n) is 3.19. The Bertz CT molecular complexity index is 557. The zero-order valence-electron chi connectivity index (χ0n) is 13.2. The van der Waals surface area contributed by atoms with Crippen molar-refractivity contribution in [2.75, 3.05) is 31.6 Å². The fourth-order valence-corrected chi connectivity index (χ4v) is 2.24. The molecule has 1 heterocycles. The number of amides is 2. The van der Waals surface area contributed by atoms with E-state index in [1.807, 2.05) is 13.8 Å². The minimum Gasteiger partial charge on any atom is -0.486 e. The summed E-state index contributed by atoms with van der Waals surface area (Å²) >= 11 is 0. The van der Waals surface area contributed by atoms with Crippen LogP contribution in [-0.4, -0.2) is 43.0 Å². The highest BCUT2D eigenvalue weighted by atomic mass is 16.6. The Labute approximate surface area is 130 Å². The standard InChI is InChI=1S/C16H22N2O4/c1-11(2)9-18(12(3)19)10-16(20)17-13-4-5-14-15(8-13)22-7-6-21-14/h4-5,8,11H,6-7,9-10H2,1-3H3,(H,17,20). The minimum atomic E-state index is -0.229. The Kier molecular flexibility index (Phi) is 5.25. The molecule has 0 bridgehead atoms. The molecule has 0 atom stereocenters. The Balaban J connectivity index is 1.97. The summed E-state index contributed by atoms with van der Waals surface area (Å²) in [5.74, 6) is 1.27. The lowest BCUT2D eigenvalue weighted by Gasteiger charge is -2.23. The van der Waals surface area contributed by atoms with Crippen LogP contribution in [0.4, 0.5) is 5.69 Å². The van der Waals surface area contributed by atoms with Crippen LogP contribution in [0.2, 0.25) is 0 Å². The van der Waals surface area contributed by atoms with Crippen molar-refractivity contribution in [2.45, 2.75) is 20.8 Å². The van der Waals surface area contributed by atoms with Crippen LogP contribution in [0.3, 0.4) is 0 Å². The largest absolute Gasteiger partial charge is 0.486 e. The molecule has 6 nitrogen and oxygen atoms in total. The molecule has 1 aliphatic rings. The number of hydrogen-bond acceptors (Lipinski definition) is 4. The van der Waals surface area contributed by atoms with Gasteiger partial charge < -0.3 is 19.7 Å². The van der Waals surface area contributed by atoms with Gasteiger partial charge in [-0.05, 0) is 18.1 Å². The molecule has 0 unspecified atom stereocenters. The summed E-state index contributed by atoms with van der Waals surface area (Å²) in [4.78, 5) is 25.2. The molecule has 0 aliphatic carbocycles. The molecule has 0 spiro atoms. The van der Waals surface area contributed by atoms with Gasteiger partial charge in [-0.25, -0.2) is 0 Å². The lowest BCUT2D eigenvalue weighted by Crippen LogP contribution is -2.38. The molecule has 1 N–H and O–H groups in total. The van der Waals surface area contributed by atoms with Gasteiger partial charge in [0.05, 0.1) is 6.54 Å². The van der Waals surface area contributed by atoms with E-state index in [0.29, 0.717) is 42.9 Å². The van der Waals surface area contributed by atoms with Crippen LogP contribution in [0.15, 0.2) is 18.2 Å². The molecule has 120 valence electrons. The van der Waals surface area contributed by atoms with Crippen molar-refractivity contribution in [1.82, 2.24) is 4.90 Å². The maximum absolute atomic E-state index is 12.1. The number of fused-ring (bicyclic) bond motifs is 1. The average molecular weight is 306 g/mol. The quantitative estimate of drug-likeness (QED) is 0.902. The SMILES string of the molecule is CC(=O)N(CC(=O)Nc1ccc2c(c1)OCCO2)CC(C)C. The molecular formula is C16H22N2O4. The summed E-state index contributed by atoms with van der Waals surface area (Å²) in [5.41, 5.74) is 0.627. The summed E-state index contributed by atoms with van der Waals surface area (Å²) < 4.78 is 10.9. The molecule has 1 aromatic carbocycles. The van der Waals surface area contributed by atoms with Crippen molar-refractivity contribution in [3.63, 3.8) is 0 Å². The molecular weight excluding hydrogens is 284 g/mol. The fourth-order valence-electron chi connectivity index (χ4n) is 2.24. The van der Waals surface area contributed by atoms with Crippen LogP contribution in [0.5, 0.6) is 11.5 Å². The van der Waals surface area contributed by atoms with E-state index in [2.05, 4.69) is 5.32 Å². The molecule has 0 radical (unpaired) electrons. The summed E-state index contributed by atoms with van der Waals surface area (Å²) in [6.07, 6.45) is 0. The fraction of sp³-hybridized carbons (Fsp3) is 0.500. The van der Waals surface area contributed by atoms with Crippen molar-refractivity contribution in [2.24, 2.45) is 5.92 Å². The maximum Gasteiger partial charge on any atom is 0.243 e. The number of rotatable bonds is 5. The first kappa shape index (κ1) is 16.1. The van der Waals surface area contributed by atoms with Crippen molar-refractivity contribution >= 4 is 17.5 Å². The van der Waals surface area contributed by atoms with Gasteiger partial charge in [-0.1, -0.05) is 13.8 Å². The first-order valence-electron chi connectivity index (χ1n) is 7.40. The van der Waals surface area contributed by atoms with E-state index in [4.69, 9.17) is 9.47 Å². The van der Waals surface area contributed by atoms with Gasteiger partial charge in [-0.15, -0.1) is 0 Å². The molecule has 0 saturated heterocycles. The van der Waals surface area contributed by atoms with Crippen LogP contribution >= 0.6 is 0 Å². The highest BCUT2D eigenvalue weighted by Gasteiger charge is 2.16. The van der Waals surface area contributed by atoms with Gasteiger partial charge in [-0.3, -0.25) is 9.59 Å². The molecule has 0 saturated carbocycles. The maximum atomic E-state index is 12.1. The summed E-state index contributed by atoms with van der Waals surface area (Å²) in [6.45, 7) is 7.12. The van der Waals surface area contributed by atoms with E-state index in [9.17, 15) is 9.59 Å². The topological polar surface area (TPSA) is 67.9 Å². The predicted octanol–water partition coefficient (Wildman–Crippen LogP) is 1.90. The third kappa shape index (κ3) is 4.38. The van der Waals surface area contributed by atoms with Crippen LogP contribution in [0.1, 0.15) is 20.8 Å². The summed E-state index contributed by atoms with van der Waals surface area (Å²) in [7, 11) is 0. The highest BCUT2D eigenvalue weighted by molar-refractivity contribution is 5.94. The number of anilines is 1. The monoisotopic (exact) mass is 306 g/mol. The van der Waals surface area contributed by atoms with Gasteiger partial charge in [0.1, 0.15) is 13.2 Å². The number of carbonyl (C=O) groups excluding carboxylic acids is 2. The van der Waals surface area contributed by atoms with Gasteiger partial charge >= 0.3 is 0 Å². The lowest BCUT2D eigenvalue weighted by atomic mass is 10.2. The van der Waals surface area contributed by atoms with Gasteiger partial charge in [0.15, 0.2) is 11.5 Å². The number of ether oxygens (including phenoxy) is 2. The molecule has 22 heavy (non-hydrogen) atoms. The van der Waals surface area contributed by atoms with Gasteiger partial charge in [0, 0.05) is 25.2 Å². The Morgan fingerprint density at radius 3 is 2.55 bits per heavy atom.